The summed E-state index contributed by atoms with van der Waals surface area (Å²) in [6.07, 6.45) is -4.47. The Morgan fingerprint density at radius 3 is 2.42 bits per heavy atom. The van der Waals surface area contributed by atoms with Crippen molar-refractivity contribution in [2.75, 3.05) is 5.32 Å². The monoisotopic (exact) mass is 294 g/mol. The Labute approximate surface area is 113 Å². The second-order valence-corrected chi connectivity index (χ2v) is 4.50. The standard InChI is InChI=1S/C11H14ClF3N4/c1-6(2)17-10(19-16)18-9-4-7(11(13,14)15)3-8(12)5-9/h3-6H,16H2,1-2H3,(H2,17,18,19). The van der Waals surface area contributed by atoms with Crippen LogP contribution in [-0.4, -0.2) is 12.0 Å². The maximum absolute atomic E-state index is 12.6. The van der Waals surface area contributed by atoms with Gasteiger partial charge >= 0.3 is 6.18 Å². The van der Waals surface area contributed by atoms with Crippen LogP contribution in [0.5, 0.6) is 0 Å². The Morgan fingerprint density at radius 2 is 1.95 bits per heavy atom. The summed E-state index contributed by atoms with van der Waals surface area (Å²) in [6.45, 7) is 3.61. The average Bonchev–Trinajstić information content (AvgIpc) is 2.25. The molecule has 0 aromatic heterocycles. The third-order valence-electron chi connectivity index (χ3n) is 2.01. The minimum absolute atomic E-state index is 0.0294. The lowest BCUT2D eigenvalue weighted by molar-refractivity contribution is -0.137. The van der Waals surface area contributed by atoms with Gasteiger partial charge < -0.3 is 5.32 Å². The molecule has 1 aromatic rings. The van der Waals surface area contributed by atoms with Crippen molar-refractivity contribution >= 4 is 23.2 Å². The molecule has 0 fully saturated rings. The summed E-state index contributed by atoms with van der Waals surface area (Å²) in [5, 5.41) is 2.61. The normalized spacial score (nSPS) is 12.7. The molecular weight excluding hydrogens is 281 g/mol. The minimum atomic E-state index is -4.47. The van der Waals surface area contributed by atoms with E-state index in [1.807, 2.05) is 0 Å². The van der Waals surface area contributed by atoms with Crippen molar-refractivity contribution in [3.8, 4) is 0 Å². The Bertz CT molecular complexity index is 471. The molecule has 0 bridgehead atoms. The van der Waals surface area contributed by atoms with E-state index >= 15 is 0 Å². The van der Waals surface area contributed by atoms with Crippen molar-refractivity contribution < 1.29 is 13.2 Å². The molecule has 0 radical (unpaired) electrons. The molecule has 0 saturated carbocycles. The number of hydrazine groups is 1. The van der Waals surface area contributed by atoms with Crippen LogP contribution in [0.3, 0.4) is 0 Å². The number of nitrogens with one attached hydrogen (secondary N) is 2. The lowest BCUT2D eigenvalue weighted by Crippen LogP contribution is -2.37. The van der Waals surface area contributed by atoms with Gasteiger partial charge in [0.15, 0.2) is 0 Å². The molecule has 0 heterocycles. The fourth-order valence-electron chi connectivity index (χ4n) is 1.33. The molecule has 4 N–H and O–H groups in total. The molecule has 0 aliphatic rings. The summed E-state index contributed by atoms with van der Waals surface area (Å²) in [4.78, 5) is 4.06. The van der Waals surface area contributed by atoms with Gasteiger partial charge in [-0.2, -0.15) is 13.2 Å². The third kappa shape index (κ3) is 4.96. The second kappa shape index (κ2) is 6.12. The largest absolute Gasteiger partial charge is 0.416 e. The first kappa shape index (κ1) is 15.6. The molecule has 8 heteroatoms. The van der Waals surface area contributed by atoms with E-state index in [1.165, 1.54) is 6.07 Å². The Kier molecular flexibility index (Phi) is 5.02. The zero-order valence-electron chi connectivity index (χ0n) is 10.3. The zero-order valence-corrected chi connectivity index (χ0v) is 11.1. The predicted molar refractivity (Wildman–Crippen MR) is 70.0 cm³/mol. The molecule has 4 nitrogen and oxygen atoms in total. The van der Waals surface area contributed by atoms with E-state index in [9.17, 15) is 13.2 Å². The van der Waals surface area contributed by atoms with Crippen molar-refractivity contribution in [2.24, 2.45) is 10.8 Å². The zero-order chi connectivity index (χ0) is 14.6. The van der Waals surface area contributed by atoms with E-state index in [1.54, 1.807) is 13.8 Å². The number of nitrogens with zero attached hydrogens (tertiary/aromatic N) is 1. The number of nitrogens with two attached hydrogens (primary N) is 1. The average molecular weight is 295 g/mol. The highest BCUT2D eigenvalue weighted by Crippen LogP contribution is 2.33. The number of rotatable bonds is 2. The SMILES string of the molecule is CC(C)N=C(NN)Nc1cc(Cl)cc(C(F)(F)F)c1. The molecule has 106 valence electrons. The van der Waals surface area contributed by atoms with E-state index < -0.39 is 11.7 Å². The van der Waals surface area contributed by atoms with Crippen LogP contribution in [0.25, 0.3) is 0 Å². The number of guanidine groups is 1. The van der Waals surface area contributed by atoms with Gasteiger partial charge in [-0.25, -0.2) is 10.8 Å². The summed E-state index contributed by atoms with van der Waals surface area (Å²) in [5.41, 5.74) is 1.58. The van der Waals surface area contributed by atoms with Crippen LogP contribution in [-0.2, 0) is 6.18 Å². The predicted octanol–water partition coefficient (Wildman–Crippen LogP) is 3.00. The van der Waals surface area contributed by atoms with Crippen molar-refractivity contribution in [3.05, 3.63) is 28.8 Å². The van der Waals surface area contributed by atoms with Crippen LogP contribution in [0.1, 0.15) is 19.4 Å². The molecule has 1 rings (SSSR count). The van der Waals surface area contributed by atoms with Crippen LogP contribution in [0.4, 0.5) is 18.9 Å². The molecule has 0 saturated heterocycles. The molecule has 19 heavy (non-hydrogen) atoms. The minimum Gasteiger partial charge on any atom is -0.325 e. The van der Waals surface area contributed by atoms with Crippen LogP contribution >= 0.6 is 11.6 Å². The van der Waals surface area contributed by atoms with Crippen LogP contribution in [0.2, 0.25) is 5.02 Å². The third-order valence-corrected chi connectivity index (χ3v) is 2.23. The number of benzene rings is 1. The van der Waals surface area contributed by atoms with Gasteiger partial charge in [0, 0.05) is 16.8 Å². The van der Waals surface area contributed by atoms with E-state index in [0.29, 0.717) is 0 Å². The van der Waals surface area contributed by atoms with Gasteiger partial charge in [0.2, 0.25) is 5.96 Å². The van der Waals surface area contributed by atoms with E-state index in [-0.39, 0.29) is 22.7 Å². The molecule has 0 amide bonds. The summed E-state index contributed by atoms with van der Waals surface area (Å²) in [6, 6.07) is 3.06. The highest BCUT2D eigenvalue weighted by atomic mass is 35.5. The van der Waals surface area contributed by atoms with Crippen LogP contribution < -0.4 is 16.6 Å². The molecule has 0 aliphatic carbocycles. The second-order valence-electron chi connectivity index (χ2n) is 4.07. The quantitative estimate of drug-likeness (QED) is 0.340. The van der Waals surface area contributed by atoms with Gasteiger partial charge in [-0.1, -0.05) is 11.6 Å². The Hall–Kier alpha value is -1.47. The first-order valence-corrected chi connectivity index (χ1v) is 5.79. The van der Waals surface area contributed by atoms with Crippen molar-refractivity contribution in [3.63, 3.8) is 0 Å². The number of aliphatic imine (C=N–C) groups is 1. The van der Waals surface area contributed by atoms with Gasteiger partial charge in [-0.3, -0.25) is 5.43 Å². The van der Waals surface area contributed by atoms with Crippen molar-refractivity contribution in [2.45, 2.75) is 26.1 Å². The topological polar surface area (TPSA) is 62.4 Å². The summed E-state index contributed by atoms with van der Waals surface area (Å²) in [5.74, 6) is 5.39. The van der Waals surface area contributed by atoms with Crippen LogP contribution in [0, 0.1) is 0 Å². The van der Waals surface area contributed by atoms with Gasteiger partial charge in [-0.15, -0.1) is 0 Å². The summed E-state index contributed by atoms with van der Waals surface area (Å²) >= 11 is 5.66. The summed E-state index contributed by atoms with van der Waals surface area (Å²) in [7, 11) is 0. The summed E-state index contributed by atoms with van der Waals surface area (Å²) < 4.78 is 37.9. The van der Waals surface area contributed by atoms with Gasteiger partial charge in [-0.05, 0) is 32.0 Å². The van der Waals surface area contributed by atoms with Gasteiger partial charge in [0.05, 0.1) is 5.56 Å². The number of hydrogen-bond donors (Lipinski definition) is 3. The number of alkyl halides is 3. The highest BCUT2D eigenvalue weighted by Gasteiger charge is 2.31. The lowest BCUT2D eigenvalue weighted by Gasteiger charge is -2.13. The van der Waals surface area contributed by atoms with E-state index in [4.69, 9.17) is 17.4 Å². The van der Waals surface area contributed by atoms with Gasteiger partial charge in [0.1, 0.15) is 0 Å². The molecule has 0 atom stereocenters. The number of anilines is 1. The first-order valence-electron chi connectivity index (χ1n) is 5.41. The molecule has 0 unspecified atom stereocenters. The molecule has 1 aromatic carbocycles. The highest BCUT2D eigenvalue weighted by molar-refractivity contribution is 6.31. The Morgan fingerprint density at radius 1 is 1.32 bits per heavy atom. The fraction of sp³-hybridized carbons (Fsp3) is 0.364. The maximum Gasteiger partial charge on any atom is 0.416 e. The lowest BCUT2D eigenvalue weighted by atomic mass is 10.2. The number of halogens is 4. The Balaban J connectivity index is 3.05. The van der Waals surface area contributed by atoms with Crippen LogP contribution in [0.15, 0.2) is 23.2 Å². The van der Waals surface area contributed by atoms with E-state index in [0.717, 1.165) is 12.1 Å². The maximum atomic E-state index is 12.6. The van der Waals surface area contributed by atoms with E-state index in [2.05, 4.69) is 15.7 Å². The fourth-order valence-corrected chi connectivity index (χ4v) is 1.56. The van der Waals surface area contributed by atoms with Crippen molar-refractivity contribution in [1.82, 2.24) is 5.43 Å². The molecule has 0 spiro atoms. The molecule has 0 aliphatic heterocycles. The molecular formula is C11H14ClF3N4. The number of hydrogen-bond acceptors (Lipinski definition) is 2. The smallest absolute Gasteiger partial charge is 0.325 e. The van der Waals surface area contributed by atoms with Crippen molar-refractivity contribution in [1.29, 1.82) is 0 Å². The first-order chi connectivity index (χ1) is 8.72. The van der Waals surface area contributed by atoms with Gasteiger partial charge in [0.25, 0.3) is 0 Å².